The van der Waals surface area contributed by atoms with Crippen LogP contribution >= 0.6 is 0 Å². The number of aliphatic hydroxyl groups excluding tert-OH is 1. The van der Waals surface area contributed by atoms with Crippen LogP contribution < -0.4 is 10.9 Å². The molecule has 0 aliphatic carbocycles. The van der Waals surface area contributed by atoms with E-state index in [4.69, 9.17) is 0 Å². The molecule has 0 bridgehead atoms. The number of hydrogen-bond acceptors (Lipinski definition) is 3. The first-order valence-corrected chi connectivity index (χ1v) is 7.65. The summed E-state index contributed by atoms with van der Waals surface area (Å²) in [4.78, 5) is 24.1. The minimum atomic E-state index is -0.854. The predicted octanol–water partition coefficient (Wildman–Crippen LogP) is 1.34. The number of nitrogens with one attached hydrogen (secondary N) is 1. The number of pyridine rings is 1. The van der Waals surface area contributed by atoms with E-state index in [0.29, 0.717) is 0 Å². The Morgan fingerprint density at radius 3 is 2.71 bits per heavy atom. The van der Waals surface area contributed by atoms with E-state index in [0.717, 1.165) is 16.5 Å². The molecule has 0 spiro atoms. The van der Waals surface area contributed by atoms with Crippen molar-refractivity contribution in [1.82, 2.24) is 14.5 Å². The molecule has 2 N–H and O–H groups in total. The molecule has 3 aromatic rings. The zero-order valence-corrected chi connectivity index (χ0v) is 13.6. The maximum atomic E-state index is 12.2. The Labute approximate surface area is 139 Å². The summed E-state index contributed by atoms with van der Waals surface area (Å²) in [5.74, 6) is -0.490. The second-order valence-corrected chi connectivity index (χ2v) is 5.78. The number of carbonyl (C=O) groups excluding carboxylic acids is 1. The van der Waals surface area contributed by atoms with Gasteiger partial charge in [0.05, 0.1) is 6.10 Å². The van der Waals surface area contributed by atoms with Crippen molar-refractivity contribution in [2.75, 3.05) is 6.54 Å². The molecule has 1 amide bonds. The Kier molecular flexibility index (Phi) is 4.22. The molecule has 6 heteroatoms. The van der Waals surface area contributed by atoms with Gasteiger partial charge < -0.3 is 19.6 Å². The van der Waals surface area contributed by atoms with Gasteiger partial charge in [0.2, 0.25) is 0 Å². The van der Waals surface area contributed by atoms with Crippen LogP contribution in [0.4, 0.5) is 0 Å². The van der Waals surface area contributed by atoms with Crippen LogP contribution in [0.2, 0.25) is 0 Å². The number of fused-ring (bicyclic) bond motifs is 1. The van der Waals surface area contributed by atoms with Gasteiger partial charge in [-0.1, -0.05) is 18.2 Å². The van der Waals surface area contributed by atoms with Crippen molar-refractivity contribution >= 4 is 16.8 Å². The van der Waals surface area contributed by atoms with E-state index in [9.17, 15) is 14.7 Å². The van der Waals surface area contributed by atoms with Gasteiger partial charge in [0, 0.05) is 49.5 Å². The first kappa shape index (κ1) is 16.0. The van der Waals surface area contributed by atoms with Gasteiger partial charge in [0.1, 0.15) is 5.56 Å². The normalized spacial score (nSPS) is 12.3. The van der Waals surface area contributed by atoms with E-state index in [2.05, 4.69) is 5.32 Å². The minimum Gasteiger partial charge on any atom is -0.386 e. The van der Waals surface area contributed by atoms with Crippen LogP contribution in [0.25, 0.3) is 10.9 Å². The van der Waals surface area contributed by atoms with Gasteiger partial charge in [-0.05, 0) is 18.2 Å². The van der Waals surface area contributed by atoms with Crippen molar-refractivity contribution < 1.29 is 9.90 Å². The summed E-state index contributed by atoms with van der Waals surface area (Å²) in [6.45, 7) is 0.0326. The van der Waals surface area contributed by atoms with Crippen molar-refractivity contribution in [2.45, 2.75) is 6.10 Å². The molecule has 2 heterocycles. The molecular weight excluding hydrogens is 306 g/mol. The molecule has 124 valence electrons. The first-order chi connectivity index (χ1) is 11.5. The molecule has 1 aromatic carbocycles. The molecule has 0 aliphatic rings. The highest BCUT2D eigenvalue weighted by atomic mass is 16.3. The zero-order valence-electron chi connectivity index (χ0n) is 13.6. The summed E-state index contributed by atoms with van der Waals surface area (Å²) in [7, 11) is 3.49. The largest absolute Gasteiger partial charge is 0.386 e. The standard InChI is InChI=1S/C18H19N3O3/c1-20-9-5-7-13(18(20)24)17(23)19-10-16(22)14-11-21(2)15-8-4-3-6-12(14)15/h3-9,11,16,22H,10H2,1-2H3,(H,19,23)/t16-/m1/s1. The molecular formula is C18H19N3O3. The maximum absolute atomic E-state index is 12.2. The van der Waals surface area contributed by atoms with Crippen molar-refractivity contribution in [3.8, 4) is 0 Å². The highest BCUT2D eigenvalue weighted by Crippen LogP contribution is 2.25. The Morgan fingerprint density at radius 1 is 1.17 bits per heavy atom. The van der Waals surface area contributed by atoms with Gasteiger partial charge in [-0.3, -0.25) is 9.59 Å². The monoisotopic (exact) mass is 325 g/mol. The molecule has 0 aliphatic heterocycles. The van der Waals surface area contributed by atoms with Gasteiger partial charge >= 0.3 is 0 Å². The van der Waals surface area contributed by atoms with Crippen LogP contribution in [0, 0.1) is 0 Å². The third-order valence-corrected chi connectivity index (χ3v) is 4.11. The highest BCUT2D eigenvalue weighted by Gasteiger charge is 2.17. The van der Waals surface area contributed by atoms with Crippen molar-refractivity contribution in [2.24, 2.45) is 14.1 Å². The molecule has 0 saturated carbocycles. The summed E-state index contributed by atoms with van der Waals surface area (Å²) in [6, 6.07) is 10.9. The number of hydrogen-bond donors (Lipinski definition) is 2. The summed E-state index contributed by atoms with van der Waals surface area (Å²) in [5.41, 5.74) is 1.45. The number of nitrogens with zero attached hydrogens (tertiary/aromatic N) is 2. The van der Waals surface area contributed by atoms with Gasteiger partial charge in [-0.2, -0.15) is 0 Å². The SMILES string of the molecule is Cn1cccc(C(=O)NC[C@@H](O)c2cn(C)c3ccccc23)c1=O. The van der Waals surface area contributed by atoms with Gasteiger partial charge in [0.25, 0.3) is 11.5 Å². The molecule has 0 radical (unpaired) electrons. The van der Waals surface area contributed by atoms with E-state index in [1.165, 1.54) is 10.6 Å². The fourth-order valence-electron chi connectivity index (χ4n) is 2.80. The number of amides is 1. The van der Waals surface area contributed by atoms with Crippen molar-refractivity contribution in [3.05, 3.63) is 70.3 Å². The summed E-state index contributed by atoms with van der Waals surface area (Å²) in [5, 5.41) is 14.0. The van der Waals surface area contributed by atoms with Crippen LogP contribution in [0.1, 0.15) is 22.0 Å². The lowest BCUT2D eigenvalue weighted by molar-refractivity contribution is 0.0915. The Hall–Kier alpha value is -2.86. The van der Waals surface area contributed by atoms with Gasteiger partial charge in [0.15, 0.2) is 0 Å². The van der Waals surface area contributed by atoms with Crippen LogP contribution in [0.3, 0.4) is 0 Å². The Balaban J connectivity index is 1.77. The molecule has 3 rings (SSSR count). The number of aromatic nitrogens is 2. The number of rotatable bonds is 4. The number of para-hydroxylation sites is 1. The lowest BCUT2D eigenvalue weighted by Gasteiger charge is -2.11. The van der Waals surface area contributed by atoms with E-state index in [1.807, 2.05) is 42.1 Å². The molecule has 2 aromatic heterocycles. The van der Waals surface area contributed by atoms with Crippen LogP contribution in [-0.4, -0.2) is 26.7 Å². The molecule has 6 nitrogen and oxygen atoms in total. The van der Waals surface area contributed by atoms with E-state index < -0.39 is 12.0 Å². The Bertz CT molecular complexity index is 956. The average Bonchev–Trinajstić information content (AvgIpc) is 2.92. The topological polar surface area (TPSA) is 76.3 Å². The summed E-state index contributed by atoms with van der Waals surface area (Å²) in [6.07, 6.45) is 2.58. The maximum Gasteiger partial charge on any atom is 0.263 e. The first-order valence-electron chi connectivity index (χ1n) is 7.65. The summed E-state index contributed by atoms with van der Waals surface area (Å²) < 4.78 is 3.28. The smallest absolute Gasteiger partial charge is 0.263 e. The molecule has 0 saturated heterocycles. The van der Waals surface area contributed by atoms with Crippen LogP contribution in [0.15, 0.2) is 53.6 Å². The van der Waals surface area contributed by atoms with E-state index in [1.54, 1.807) is 19.3 Å². The Morgan fingerprint density at radius 2 is 1.92 bits per heavy atom. The molecule has 0 fully saturated rings. The zero-order chi connectivity index (χ0) is 17.3. The second-order valence-electron chi connectivity index (χ2n) is 5.78. The third kappa shape index (κ3) is 2.83. The predicted molar refractivity (Wildman–Crippen MR) is 91.9 cm³/mol. The second kappa shape index (κ2) is 6.33. The van der Waals surface area contributed by atoms with E-state index in [-0.39, 0.29) is 17.7 Å². The average molecular weight is 325 g/mol. The molecule has 1 atom stereocenters. The van der Waals surface area contributed by atoms with Crippen molar-refractivity contribution in [1.29, 1.82) is 0 Å². The minimum absolute atomic E-state index is 0.0326. The van der Waals surface area contributed by atoms with Crippen LogP contribution in [0.5, 0.6) is 0 Å². The summed E-state index contributed by atoms with van der Waals surface area (Å²) >= 11 is 0. The quantitative estimate of drug-likeness (QED) is 0.760. The number of carbonyl (C=O) groups is 1. The fraction of sp³-hybridized carbons (Fsp3) is 0.222. The van der Waals surface area contributed by atoms with Gasteiger partial charge in [-0.15, -0.1) is 0 Å². The molecule has 24 heavy (non-hydrogen) atoms. The fourth-order valence-corrected chi connectivity index (χ4v) is 2.80. The highest BCUT2D eigenvalue weighted by molar-refractivity contribution is 5.93. The number of aliphatic hydroxyl groups is 1. The lowest BCUT2D eigenvalue weighted by atomic mass is 10.1. The molecule has 0 unspecified atom stereocenters. The number of aryl methyl sites for hydroxylation is 2. The van der Waals surface area contributed by atoms with E-state index >= 15 is 0 Å². The lowest BCUT2D eigenvalue weighted by Crippen LogP contribution is -2.34. The van der Waals surface area contributed by atoms with Crippen molar-refractivity contribution in [3.63, 3.8) is 0 Å². The van der Waals surface area contributed by atoms with Gasteiger partial charge in [-0.25, -0.2) is 0 Å². The number of benzene rings is 1. The third-order valence-electron chi connectivity index (χ3n) is 4.11. The van der Waals surface area contributed by atoms with Crippen LogP contribution in [-0.2, 0) is 14.1 Å².